The summed E-state index contributed by atoms with van der Waals surface area (Å²) in [5.74, 6) is 1.47. The van der Waals surface area contributed by atoms with Crippen molar-refractivity contribution in [1.29, 1.82) is 0 Å². The van der Waals surface area contributed by atoms with E-state index in [1.807, 2.05) is 11.9 Å². The average molecular weight is 224 g/mol. The molecule has 0 aromatic carbocycles. The lowest BCUT2D eigenvalue weighted by Crippen LogP contribution is -2.32. The Morgan fingerprint density at radius 3 is 3.00 bits per heavy atom. The van der Waals surface area contributed by atoms with Crippen molar-refractivity contribution in [2.75, 3.05) is 38.0 Å². The third kappa shape index (κ3) is 2.16. The maximum absolute atomic E-state index is 5.61. The van der Waals surface area contributed by atoms with E-state index in [-0.39, 0.29) is 5.95 Å². The van der Waals surface area contributed by atoms with Crippen LogP contribution in [0.15, 0.2) is 6.07 Å². The third-order valence-electron chi connectivity index (χ3n) is 2.73. The van der Waals surface area contributed by atoms with Crippen LogP contribution in [-0.2, 0) is 4.74 Å². The van der Waals surface area contributed by atoms with Crippen LogP contribution in [0.25, 0.3) is 0 Å². The van der Waals surface area contributed by atoms with E-state index in [2.05, 4.69) is 9.97 Å². The van der Waals surface area contributed by atoms with Crippen LogP contribution in [0.3, 0.4) is 0 Å². The number of nitrogens with zero attached hydrogens (tertiary/aromatic N) is 3. The molecule has 1 aliphatic heterocycles. The van der Waals surface area contributed by atoms with E-state index in [0.717, 1.165) is 25.5 Å². The molecule has 6 heteroatoms. The second kappa shape index (κ2) is 4.52. The third-order valence-corrected chi connectivity index (χ3v) is 2.73. The summed E-state index contributed by atoms with van der Waals surface area (Å²) in [6.45, 7) is 1.52. The maximum atomic E-state index is 5.61. The summed E-state index contributed by atoms with van der Waals surface area (Å²) in [5, 5.41) is 0. The largest absolute Gasteiger partial charge is 0.481 e. The first-order chi connectivity index (χ1) is 7.70. The average Bonchev–Trinajstić information content (AvgIpc) is 2.80. The number of anilines is 2. The minimum Gasteiger partial charge on any atom is -0.481 e. The van der Waals surface area contributed by atoms with E-state index < -0.39 is 0 Å². The van der Waals surface area contributed by atoms with Crippen molar-refractivity contribution < 1.29 is 9.47 Å². The minimum atomic E-state index is 0.222. The summed E-state index contributed by atoms with van der Waals surface area (Å²) in [7, 11) is 3.53. The molecule has 2 rings (SSSR count). The highest BCUT2D eigenvalue weighted by Crippen LogP contribution is 2.21. The normalized spacial score (nSPS) is 19.8. The van der Waals surface area contributed by atoms with Gasteiger partial charge in [0.15, 0.2) is 0 Å². The van der Waals surface area contributed by atoms with Gasteiger partial charge in [0.2, 0.25) is 11.8 Å². The second-order valence-corrected chi connectivity index (χ2v) is 3.76. The van der Waals surface area contributed by atoms with E-state index in [1.54, 1.807) is 13.2 Å². The van der Waals surface area contributed by atoms with Gasteiger partial charge >= 0.3 is 0 Å². The van der Waals surface area contributed by atoms with Crippen molar-refractivity contribution >= 4 is 11.8 Å². The van der Waals surface area contributed by atoms with Crippen LogP contribution in [-0.4, -0.2) is 43.4 Å². The van der Waals surface area contributed by atoms with E-state index in [9.17, 15) is 0 Å². The molecule has 2 N–H and O–H groups in total. The molecule has 1 atom stereocenters. The van der Waals surface area contributed by atoms with Gasteiger partial charge < -0.3 is 20.1 Å². The van der Waals surface area contributed by atoms with Crippen LogP contribution in [0.2, 0.25) is 0 Å². The summed E-state index contributed by atoms with van der Waals surface area (Å²) in [5.41, 5.74) is 5.61. The van der Waals surface area contributed by atoms with E-state index in [0.29, 0.717) is 11.9 Å². The van der Waals surface area contributed by atoms with E-state index >= 15 is 0 Å². The molecule has 16 heavy (non-hydrogen) atoms. The topological polar surface area (TPSA) is 73.5 Å². The predicted octanol–water partition coefficient (Wildman–Crippen LogP) is 0.292. The molecule has 2 heterocycles. The number of ether oxygens (including phenoxy) is 2. The Morgan fingerprint density at radius 1 is 1.56 bits per heavy atom. The number of methoxy groups -OCH3 is 1. The van der Waals surface area contributed by atoms with Crippen LogP contribution in [0.4, 0.5) is 11.8 Å². The molecule has 0 bridgehead atoms. The fourth-order valence-corrected chi connectivity index (χ4v) is 1.73. The number of hydrogen-bond donors (Lipinski definition) is 1. The molecule has 0 aliphatic carbocycles. The first kappa shape index (κ1) is 10.9. The first-order valence-electron chi connectivity index (χ1n) is 5.20. The Hall–Kier alpha value is -1.56. The summed E-state index contributed by atoms with van der Waals surface area (Å²) in [6.07, 6.45) is 1.00. The van der Waals surface area contributed by atoms with Crippen LogP contribution >= 0.6 is 0 Å². The van der Waals surface area contributed by atoms with Gasteiger partial charge in [-0.05, 0) is 6.42 Å². The lowest BCUT2D eigenvalue weighted by atomic mass is 10.2. The summed E-state index contributed by atoms with van der Waals surface area (Å²) in [6, 6.07) is 2.12. The maximum Gasteiger partial charge on any atom is 0.225 e. The van der Waals surface area contributed by atoms with Gasteiger partial charge in [0.25, 0.3) is 0 Å². The van der Waals surface area contributed by atoms with Crippen LogP contribution < -0.4 is 15.4 Å². The standard InChI is InChI=1S/C10H16N4O2/c1-14(7-3-4-16-6-7)8-5-9(15-2)13-10(11)12-8/h5,7H,3-4,6H2,1-2H3,(H2,11,12,13). The Balaban J connectivity index is 2.21. The Labute approximate surface area is 94.4 Å². The fraction of sp³-hybridized carbons (Fsp3) is 0.600. The summed E-state index contributed by atoms with van der Waals surface area (Å²) < 4.78 is 10.4. The fourth-order valence-electron chi connectivity index (χ4n) is 1.73. The zero-order valence-electron chi connectivity index (χ0n) is 9.51. The number of nitrogen functional groups attached to an aromatic ring is 1. The molecule has 1 aromatic rings. The van der Waals surface area contributed by atoms with Crippen molar-refractivity contribution in [2.45, 2.75) is 12.5 Å². The van der Waals surface area contributed by atoms with Gasteiger partial charge in [0.1, 0.15) is 5.82 Å². The smallest absolute Gasteiger partial charge is 0.225 e. The van der Waals surface area contributed by atoms with Gasteiger partial charge in [-0.15, -0.1) is 0 Å². The van der Waals surface area contributed by atoms with Gasteiger partial charge in [-0.3, -0.25) is 0 Å². The number of aromatic nitrogens is 2. The summed E-state index contributed by atoms with van der Waals surface area (Å²) in [4.78, 5) is 10.2. The molecule has 1 unspecified atom stereocenters. The summed E-state index contributed by atoms with van der Waals surface area (Å²) >= 11 is 0. The van der Waals surface area contributed by atoms with E-state index in [1.165, 1.54) is 0 Å². The molecule has 6 nitrogen and oxygen atoms in total. The molecular formula is C10H16N4O2. The lowest BCUT2D eigenvalue weighted by Gasteiger charge is -2.24. The lowest BCUT2D eigenvalue weighted by molar-refractivity contribution is 0.193. The van der Waals surface area contributed by atoms with Crippen molar-refractivity contribution in [2.24, 2.45) is 0 Å². The number of likely N-dealkylation sites (N-methyl/N-ethyl adjacent to an activating group) is 1. The Bertz CT molecular complexity index is 366. The molecule has 88 valence electrons. The van der Waals surface area contributed by atoms with Crippen molar-refractivity contribution in [3.8, 4) is 5.88 Å². The molecule has 0 amide bonds. The van der Waals surface area contributed by atoms with Gasteiger partial charge in [0.05, 0.1) is 19.8 Å². The first-order valence-corrected chi connectivity index (χ1v) is 5.20. The molecule has 1 aromatic heterocycles. The van der Waals surface area contributed by atoms with Gasteiger partial charge in [0, 0.05) is 19.7 Å². The van der Waals surface area contributed by atoms with Crippen LogP contribution in [0.1, 0.15) is 6.42 Å². The number of hydrogen-bond acceptors (Lipinski definition) is 6. The number of rotatable bonds is 3. The second-order valence-electron chi connectivity index (χ2n) is 3.76. The van der Waals surface area contributed by atoms with Gasteiger partial charge in [-0.1, -0.05) is 0 Å². The highest BCUT2D eigenvalue weighted by molar-refractivity contribution is 5.45. The number of nitrogens with two attached hydrogens (primary N) is 1. The highest BCUT2D eigenvalue weighted by Gasteiger charge is 2.22. The van der Waals surface area contributed by atoms with Gasteiger partial charge in [-0.2, -0.15) is 9.97 Å². The predicted molar refractivity (Wildman–Crippen MR) is 60.6 cm³/mol. The SMILES string of the molecule is COc1cc(N(C)C2CCOC2)nc(N)n1. The Morgan fingerprint density at radius 2 is 2.38 bits per heavy atom. The molecule has 1 fully saturated rings. The zero-order valence-corrected chi connectivity index (χ0v) is 9.51. The van der Waals surface area contributed by atoms with Gasteiger partial charge in [-0.25, -0.2) is 0 Å². The molecule has 0 saturated carbocycles. The zero-order chi connectivity index (χ0) is 11.5. The molecule has 1 aliphatic rings. The molecule has 1 saturated heterocycles. The van der Waals surface area contributed by atoms with Crippen molar-refractivity contribution in [3.05, 3.63) is 6.07 Å². The van der Waals surface area contributed by atoms with Crippen LogP contribution in [0, 0.1) is 0 Å². The minimum absolute atomic E-state index is 0.222. The molecule has 0 spiro atoms. The molecular weight excluding hydrogens is 208 g/mol. The monoisotopic (exact) mass is 224 g/mol. The Kier molecular flexibility index (Phi) is 3.09. The van der Waals surface area contributed by atoms with Crippen molar-refractivity contribution in [3.63, 3.8) is 0 Å². The van der Waals surface area contributed by atoms with Crippen LogP contribution in [0.5, 0.6) is 5.88 Å². The quantitative estimate of drug-likeness (QED) is 0.795. The molecule has 0 radical (unpaired) electrons. The highest BCUT2D eigenvalue weighted by atomic mass is 16.5. The van der Waals surface area contributed by atoms with E-state index in [4.69, 9.17) is 15.2 Å². The van der Waals surface area contributed by atoms with Crippen molar-refractivity contribution in [1.82, 2.24) is 9.97 Å².